The molecule has 0 saturated carbocycles. The molecule has 1 aliphatic rings. The number of rotatable bonds is 3. The van der Waals surface area contributed by atoms with Gasteiger partial charge in [0.15, 0.2) is 0 Å². The van der Waals surface area contributed by atoms with E-state index in [0.717, 1.165) is 49.4 Å². The van der Waals surface area contributed by atoms with Gasteiger partial charge in [-0.2, -0.15) is 5.10 Å². The first-order valence-electron chi connectivity index (χ1n) is 8.75. The van der Waals surface area contributed by atoms with Crippen molar-refractivity contribution in [3.8, 4) is 11.4 Å². The van der Waals surface area contributed by atoms with Gasteiger partial charge in [0.05, 0.1) is 18.0 Å². The zero-order chi connectivity index (χ0) is 17.2. The van der Waals surface area contributed by atoms with Gasteiger partial charge >= 0.3 is 0 Å². The number of nitrogens with zero attached hydrogens (tertiary/aromatic N) is 3. The Bertz CT molecular complexity index is 847. The van der Waals surface area contributed by atoms with Crippen molar-refractivity contribution in [2.45, 2.75) is 31.7 Å². The Balaban J connectivity index is 1.62. The average Bonchev–Trinajstić information content (AvgIpc) is 3.34. The summed E-state index contributed by atoms with van der Waals surface area (Å²) in [5.74, 6) is 0.841. The minimum Gasteiger partial charge on any atom is -0.467 e. The Hall–Kier alpha value is -2.76. The normalized spacial score (nSPS) is 18.3. The largest absolute Gasteiger partial charge is 0.467 e. The van der Waals surface area contributed by atoms with Crippen LogP contribution in [0.4, 0.5) is 0 Å². The molecule has 0 spiro atoms. The van der Waals surface area contributed by atoms with Crippen LogP contribution in [0.25, 0.3) is 11.4 Å². The lowest BCUT2D eigenvalue weighted by molar-refractivity contribution is 0.0652. The van der Waals surface area contributed by atoms with Crippen molar-refractivity contribution in [3.05, 3.63) is 54.2 Å². The molecule has 6 heteroatoms. The van der Waals surface area contributed by atoms with Gasteiger partial charge in [0.2, 0.25) is 0 Å². The van der Waals surface area contributed by atoms with Gasteiger partial charge in [0, 0.05) is 19.8 Å². The molecule has 1 atom stereocenters. The Labute approximate surface area is 146 Å². The Morgan fingerprint density at radius 2 is 2.20 bits per heavy atom. The van der Waals surface area contributed by atoms with Gasteiger partial charge in [0.1, 0.15) is 17.1 Å². The van der Waals surface area contributed by atoms with Gasteiger partial charge in [-0.3, -0.25) is 9.89 Å². The van der Waals surface area contributed by atoms with Crippen molar-refractivity contribution in [2.75, 3.05) is 6.54 Å². The molecule has 1 aliphatic heterocycles. The number of carbonyl (C=O) groups is 1. The number of hydrogen-bond donors (Lipinski definition) is 1. The molecule has 0 unspecified atom stereocenters. The summed E-state index contributed by atoms with van der Waals surface area (Å²) in [4.78, 5) is 15.1. The quantitative estimate of drug-likeness (QED) is 0.790. The monoisotopic (exact) mass is 338 g/mol. The molecule has 1 fully saturated rings. The molecule has 4 heterocycles. The highest BCUT2D eigenvalue weighted by Crippen LogP contribution is 2.31. The van der Waals surface area contributed by atoms with Crippen molar-refractivity contribution in [1.82, 2.24) is 19.7 Å². The van der Waals surface area contributed by atoms with Gasteiger partial charge in [-0.1, -0.05) is 12.8 Å². The molecule has 0 aromatic carbocycles. The molecule has 0 radical (unpaired) electrons. The Kier molecular flexibility index (Phi) is 4.17. The van der Waals surface area contributed by atoms with Gasteiger partial charge in [-0.05, 0) is 43.2 Å². The SMILES string of the molecule is Cn1cccc1-c1cc(C(=O)N2CCCCC[C@H]2c2ccco2)[nH]n1. The summed E-state index contributed by atoms with van der Waals surface area (Å²) in [6.07, 6.45) is 7.82. The molecule has 0 aliphatic carbocycles. The molecule has 25 heavy (non-hydrogen) atoms. The number of H-pyrrole nitrogens is 1. The molecule has 130 valence electrons. The van der Waals surface area contributed by atoms with Crippen molar-refractivity contribution in [1.29, 1.82) is 0 Å². The molecule has 4 rings (SSSR count). The van der Waals surface area contributed by atoms with Gasteiger partial charge < -0.3 is 13.9 Å². The number of carbonyl (C=O) groups excluding carboxylic acids is 1. The van der Waals surface area contributed by atoms with E-state index in [9.17, 15) is 4.79 Å². The predicted molar refractivity (Wildman–Crippen MR) is 93.9 cm³/mol. The third-order valence-electron chi connectivity index (χ3n) is 4.90. The summed E-state index contributed by atoms with van der Waals surface area (Å²) in [6.45, 7) is 0.739. The van der Waals surface area contributed by atoms with Crippen LogP contribution in [-0.2, 0) is 7.05 Å². The first-order valence-corrected chi connectivity index (χ1v) is 8.75. The standard InChI is InChI=1S/C19H22N4O2/c1-22-10-5-8-16(22)14-13-15(21-20-14)19(24)23-11-4-2-3-7-17(23)18-9-6-12-25-18/h5-6,8-10,12-13,17H,2-4,7,11H2,1H3,(H,20,21)/t17-/m0/s1. The summed E-state index contributed by atoms with van der Waals surface area (Å²) in [6, 6.07) is 9.62. The maximum atomic E-state index is 13.1. The van der Waals surface area contributed by atoms with E-state index in [1.165, 1.54) is 0 Å². The van der Waals surface area contributed by atoms with E-state index in [2.05, 4.69) is 10.2 Å². The highest BCUT2D eigenvalue weighted by molar-refractivity contribution is 5.93. The topological polar surface area (TPSA) is 67.1 Å². The van der Waals surface area contributed by atoms with E-state index in [-0.39, 0.29) is 11.9 Å². The number of nitrogens with one attached hydrogen (secondary N) is 1. The maximum Gasteiger partial charge on any atom is 0.272 e. The molecule has 6 nitrogen and oxygen atoms in total. The highest BCUT2D eigenvalue weighted by atomic mass is 16.3. The van der Waals surface area contributed by atoms with Gasteiger partial charge in [0.25, 0.3) is 5.91 Å². The van der Waals surface area contributed by atoms with Crippen molar-refractivity contribution >= 4 is 5.91 Å². The van der Waals surface area contributed by atoms with E-state index in [0.29, 0.717) is 5.69 Å². The summed E-state index contributed by atoms with van der Waals surface area (Å²) >= 11 is 0. The van der Waals surface area contributed by atoms with Crippen LogP contribution >= 0.6 is 0 Å². The molecule has 0 bridgehead atoms. The fourth-order valence-corrected chi connectivity index (χ4v) is 3.57. The maximum absolute atomic E-state index is 13.1. The number of aromatic nitrogens is 3. The van der Waals surface area contributed by atoms with Gasteiger partial charge in [-0.15, -0.1) is 0 Å². The number of aromatic amines is 1. The van der Waals surface area contributed by atoms with E-state index in [4.69, 9.17) is 4.42 Å². The lowest BCUT2D eigenvalue weighted by Gasteiger charge is -2.28. The van der Waals surface area contributed by atoms with Gasteiger partial charge in [-0.25, -0.2) is 0 Å². The number of furan rings is 1. The minimum atomic E-state index is -0.0174. The van der Waals surface area contributed by atoms with E-state index >= 15 is 0 Å². The minimum absolute atomic E-state index is 0.00761. The number of hydrogen-bond acceptors (Lipinski definition) is 3. The molecule has 1 amide bonds. The summed E-state index contributed by atoms with van der Waals surface area (Å²) in [5, 5.41) is 7.25. The van der Waals surface area contributed by atoms with Crippen LogP contribution in [0.1, 0.15) is 48.0 Å². The fourth-order valence-electron chi connectivity index (χ4n) is 3.57. The molecule has 3 aromatic heterocycles. The molecule has 1 saturated heterocycles. The van der Waals surface area contributed by atoms with Crippen LogP contribution in [0.3, 0.4) is 0 Å². The zero-order valence-corrected chi connectivity index (χ0v) is 14.3. The lowest BCUT2D eigenvalue weighted by Crippen LogP contribution is -2.34. The first-order chi connectivity index (χ1) is 12.2. The molecule has 3 aromatic rings. The number of likely N-dealkylation sites (tertiary alicyclic amines) is 1. The fraction of sp³-hybridized carbons (Fsp3) is 0.368. The third-order valence-corrected chi connectivity index (χ3v) is 4.90. The lowest BCUT2D eigenvalue weighted by atomic mass is 10.1. The van der Waals surface area contributed by atoms with Crippen molar-refractivity contribution in [2.24, 2.45) is 7.05 Å². The predicted octanol–water partition coefficient (Wildman–Crippen LogP) is 3.77. The Morgan fingerprint density at radius 3 is 2.96 bits per heavy atom. The van der Waals surface area contributed by atoms with Crippen molar-refractivity contribution in [3.63, 3.8) is 0 Å². The molecule has 1 N–H and O–H groups in total. The van der Waals surface area contributed by atoms with Crippen LogP contribution in [0.15, 0.2) is 47.2 Å². The number of aryl methyl sites for hydroxylation is 1. The zero-order valence-electron chi connectivity index (χ0n) is 14.3. The van der Waals surface area contributed by atoms with Crippen LogP contribution in [-0.4, -0.2) is 32.1 Å². The molecular formula is C19H22N4O2. The summed E-state index contributed by atoms with van der Waals surface area (Å²) in [5.41, 5.74) is 2.28. The van der Waals surface area contributed by atoms with Crippen LogP contribution in [0.5, 0.6) is 0 Å². The van der Waals surface area contributed by atoms with Crippen molar-refractivity contribution < 1.29 is 9.21 Å². The van der Waals surface area contributed by atoms with E-state index < -0.39 is 0 Å². The third kappa shape index (κ3) is 2.99. The van der Waals surface area contributed by atoms with Crippen LogP contribution < -0.4 is 0 Å². The second-order valence-electron chi connectivity index (χ2n) is 6.55. The van der Waals surface area contributed by atoms with E-state index in [1.807, 2.05) is 53.0 Å². The highest BCUT2D eigenvalue weighted by Gasteiger charge is 2.30. The number of amides is 1. The van der Waals surface area contributed by atoms with Crippen LogP contribution in [0, 0.1) is 0 Å². The second kappa shape index (κ2) is 6.63. The average molecular weight is 338 g/mol. The van der Waals surface area contributed by atoms with E-state index in [1.54, 1.807) is 6.26 Å². The smallest absolute Gasteiger partial charge is 0.272 e. The summed E-state index contributed by atoms with van der Waals surface area (Å²) < 4.78 is 7.59. The first kappa shape index (κ1) is 15.7. The second-order valence-corrected chi connectivity index (χ2v) is 6.55. The summed E-state index contributed by atoms with van der Waals surface area (Å²) in [7, 11) is 1.97. The Morgan fingerprint density at radius 1 is 1.28 bits per heavy atom. The van der Waals surface area contributed by atoms with Crippen LogP contribution in [0.2, 0.25) is 0 Å². The molecular weight excluding hydrogens is 316 g/mol.